The van der Waals surface area contributed by atoms with Gasteiger partial charge in [0.1, 0.15) is 18.2 Å². The van der Waals surface area contributed by atoms with E-state index < -0.39 is 42.9 Å². The predicted molar refractivity (Wildman–Crippen MR) is 133 cm³/mol. The molecule has 192 valence electrons. The highest BCUT2D eigenvalue weighted by molar-refractivity contribution is 5.89. The number of esters is 1. The number of carbonyl (C=O) groups excluding carboxylic acids is 2. The first-order valence-corrected chi connectivity index (χ1v) is 12.2. The number of amides is 1. The van der Waals surface area contributed by atoms with Crippen LogP contribution in [0.1, 0.15) is 34.7 Å². The molecule has 2 aliphatic rings. The molecule has 8 heteroatoms. The Morgan fingerprint density at radius 1 is 0.892 bits per heavy atom. The summed E-state index contributed by atoms with van der Waals surface area (Å²) in [4.78, 5) is 25.4. The Kier molecular flexibility index (Phi) is 7.91. The summed E-state index contributed by atoms with van der Waals surface area (Å²) in [6.07, 6.45) is -3.77. The van der Waals surface area contributed by atoms with Crippen molar-refractivity contribution in [1.29, 1.82) is 0 Å². The Balaban J connectivity index is 1.43. The van der Waals surface area contributed by atoms with Gasteiger partial charge in [-0.2, -0.15) is 0 Å². The van der Waals surface area contributed by atoms with Gasteiger partial charge in [-0.15, -0.1) is 0 Å². The van der Waals surface area contributed by atoms with Crippen molar-refractivity contribution in [2.75, 3.05) is 6.61 Å². The van der Waals surface area contributed by atoms with Gasteiger partial charge < -0.3 is 29.0 Å². The number of ether oxygens (including phenoxy) is 5. The third-order valence-electron chi connectivity index (χ3n) is 6.29. The number of nitrogens with one attached hydrogen (secondary N) is 1. The van der Waals surface area contributed by atoms with Gasteiger partial charge in [0, 0.05) is 12.5 Å². The van der Waals surface area contributed by atoms with Crippen molar-refractivity contribution in [2.45, 2.75) is 50.5 Å². The van der Waals surface area contributed by atoms with E-state index in [1.807, 2.05) is 66.7 Å². The molecule has 0 aliphatic carbocycles. The van der Waals surface area contributed by atoms with E-state index in [4.69, 9.17) is 23.7 Å². The monoisotopic (exact) mass is 503 g/mol. The van der Waals surface area contributed by atoms with Crippen LogP contribution in [0.25, 0.3) is 0 Å². The summed E-state index contributed by atoms with van der Waals surface area (Å²) in [6.45, 7) is 1.84. The average molecular weight is 504 g/mol. The van der Waals surface area contributed by atoms with Crippen LogP contribution in [0.4, 0.5) is 0 Å². The molecule has 3 aromatic rings. The Morgan fingerprint density at radius 2 is 1.54 bits per heavy atom. The van der Waals surface area contributed by atoms with Crippen LogP contribution in [0, 0.1) is 0 Å². The van der Waals surface area contributed by atoms with E-state index in [0.717, 1.165) is 11.1 Å². The van der Waals surface area contributed by atoms with E-state index in [-0.39, 0.29) is 19.1 Å². The fraction of sp³-hybridized carbons (Fsp3) is 0.310. The topological polar surface area (TPSA) is 92.3 Å². The first-order chi connectivity index (χ1) is 18.1. The molecule has 0 radical (unpaired) electrons. The smallest absolute Gasteiger partial charge is 0.338 e. The minimum Gasteiger partial charge on any atom is -0.453 e. The molecule has 3 aromatic carbocycles. The predicted octanol–water partition coefficient (Wildman–Crippen LogP) is 3.77. The van der Waals surface area contributed by atoms with Crippen LogP contribution < -0.4 is 5.32 Å². The largest absolute Gasteiger partial charge is 0.453 e. The fourth-order valence-electron chi connectivity index (χ4n) is 4.54. The van der Waals surface area contributed by atoms with Crippen LogP contribution in [0.3, 0.4) is 0 Å². The lowest BCUT2D eigenvalue weighted by Crippen LogP contribution is -2.67. The quantitative estimate of drug-likeness (QED) is 0.491. The van der Waals surface area contributed by atoms with Gasteiger partial charge in [-0.05, 0) is 17.7 Å². The number of carbonyl (C=O) groups is 2. The first-order valence-electron chi connectivity index (χ1n) is 12.2. The third-order valence-corrected chi connectivity index (χ3v) is 6.29. The SMILES string of the molecule is CC(=O)N[C@H]1[C@@H](OCc2ccccc2)O[C@@H]2CO[C@@H](c3ccccc3)O[C@H]2[C@@H]1OC(=O)c1ccccc1. The van der Waals surface area contributed by atoms with Crippen molar-refractivity contribution in [3.8, 4) is 0 Å². The van der Waals surface area contributed by atoms with Crippen LogP contribution in [0.2, 0.25) is 0 Å². The van der Waals surface area contributed by atoms with Crippen molar-refractivity contribution in [2.24, 2.45) is 0 Å². The molecule has 2 saturated heterocycles. The highest BCUT2D eigenvalue weighted by atomic mass is 16.8. The van der Waals surface area contributed by atoms with Crippen LogP contribution in [-0.2, 0) is 35.1 Å². The molecule has 2 fully saturated rings. The molecular formula is C29H29NO7. The van der Waals surface area contributed by atoms with Gasteiger partial charge in [0.25, 0.3) is 0 Å². The van der Waals surface area contributed by atoms with Gasteiger partial charge in [0.2, 0.25) is 5.91 Å². The van der Waals surface area contributed by atoms with Crippen LogP contribution in [-0.4, -0.2) is 49.1 Å². The maximum Gasteiger partial charge on any atom is 0.338 e. The minimum atomic E-state index is -0.903. The Hall–Kier alpha value is -3.56. The molecule has 0 saturated carbocycles. The first kappa shape index (κ1) is 25.1. The Morgan fingerprint density at radius 3 is 2.22 bits per heavy atom. The standard InChI is InChI=1S/C29H29NO7/c1-19(31)30-24-26(36-27(32)21-13-7-3-8-14-21)25-23(18-34-28(37-25)22-15-9-4-10-16-22)35-29(24)33-17-20-11-5-2-6-12-20/h2-16,23-26,28-29H,17-18H2,1H3,(H,30,31)/t23-,24-,25-,26-,28-,29+/m1/s1. The van der Waals surface area contributed by atoms with Gasteiger partial charge in [-0.25, -0.2) is 4.79 Å². The molecule has 2 heterocycles. The van der Waals surface area contributed by atoms with Gasteiger partial charge in [-0.3, -0.25) is 4.79 Å². The van der Waals surface area contributed by atoms with Gasteiger partial charge in [0.15, 0.2) is 18.7 Å². The molecular weight excluding hydrogens is 474 g/mol. The summed E-state index contributed by atoms with van der Waals surface area (Å²) >= 11 is 0. The molecule has 8 nitrogen and oxygen atoms in total. The van der Waals surface area contributed by atoms with E-state index in [1.165, 1.54) is 6.92 Å². The highest BCUT2D eigenvalue weighted by Crippen LogP contribution is 2.36. The number of benzene rings is 3. The summed E-state index contributed by atoms with van der Waals surface area (Å²) in [5, 5.41) is 2.88. The lowest BCUT2D eigenvalue weighted by molar-refractivity contribution is -0.344. The molecule has 6 atom stereocenters. The van der Waals surface area contributed by atoms with Crippen molar-refractivity contribution in [1.82, 2.24) is 5.32 Å². The number of fused-ring (bicyclic) bond motifs is 1. The highest BCUT2D eigenvalue weighted by Gasteiger charge is 2.52. The molecule has 0 spiro atoms. The zero-order chi connectivity index (χ0) is 25.6. The van der Waals surface area contributed by atoms with Gasteiger partial charge >= 0.3 is 5.97 Å². The molecule has 37 heavy (non-hydrogen) atoms. The molecule has 0 bridgehead atoms. The van der Waals surface area contributed by atoms with Crippen LogP contribution in [0.15, 0.2) is 91.0 Å². The second-order valence-corrected chi connectivity index (χ2v) is 8.98. The average Bonchev–Trinajstić information content (AvgIpc) is 2.94. The lowest BCUT2D eigenvalue weighted by Gasteiger charge is -2.48. The molecule has 0 aromatic heterocycles. The molecule has 1 amide bonds. The fourth-order valence-corrected chi connectivity index (χ4v) is 4.54. The van der Waals surface area contributed by atoms with Crippen LogP contribution in [0.5, 0.6) is 0 Å². The third kappa shape index (κ3) is 6.06. The summed E-state index contributed by atoms with van der Waals surface area (Å²) in [5.41, 5.74) is 2.15. The number of hydrogen-bond donors (Lipinski definition) is 1. The van der Waals surface area contributed by atoms with Crippen molar-refractivity contribution in [3.63, 3.8) is 0 Å². The summed E-state index contributed by atoms with van der Waals surface area (Å²) in [6, 6.07) is 27.0. The maximum atomic E-state index is 13.2. The Labute approximate surface area is 215 Å². The van der Waals surface area contributed by atoms with Gasteiger partial charge in [-0.1, -0.05) is 78.9 Å². The van der Waals surface area contributed by atoms with Crippen molar-refractivity contribution >= 4 is 11.9 Å². The second-order valence-electron chi connectivity index (χ2n) is 8.98. The number of hydrogen-bond acceptors (Lipinski definition) is 7. The zero-order valence-electron chi connectivity index (χ0n) is 20.4. The van der Waals surface area contributed by atoms with E-state index in [0.29, 0.717) is 5.56 Å². The second kappa shape index (κ2) is 11.7. The normalized spacial score (nSPS) is 27.1. The van der Waals surface area contributed by atoms with Gasteiger partial charge in [0.05, 0.1) is 18.8 Å². The summed E-state index contributed by atoms with van der Waals surface area (Å²) in [5.74, 6) is -0.845. The van der Waals surface area contributed by atoms with Crippen molar-refractivity contribution in [3.05, 3.63) is 108 Å². The van der Waals surface area contributed by atoms with E-state index >= 15 is 0 Å². The van der Waals surface area contributed by atoms with Crippen LogP contribution >= 0.6 is 0 Å². The molecule has 2 aliphatic heterocycles. The zero-order valence-corrected chi connectivity index (χ0v) is 20.4. The molecule has 1 N–H and O–H groups in total. The summed E-state index contributed by atoms with van der Waals surface area (Å²) < 4.78 is 30.7. The number of rotatable bonds is 7. The van der Waals surface area contributed by atoms with Crippen molar-refractivity contribution < 1.29 is 33.3 Å². The van der Waals surface area contributed by atoms with E-state index in [1.54, 1.807) is 24.3 Å². The molecule has 5 rings (SSSR count). The Bertz CT molecular complexity index is 1170. The lowest BCUT2D eigenvalue weighted by atomic mass is 9.95. The summed E-state index contributed by atoms with van der Waals surface area (Å²) in [7, 11) is 0. The van der Waals surface area contributed by atoms with E-state index in [2.05, 4.69) is 5.32 Å². The minimum absolute atomic E-state index is 0.196. The maximum absolute atomic E-state index is 13.2. The van der Waals surface area contributed by atoms with E-state index in [9.17, 15) is 9.59 Å². The molecule has 0 unspecified atom stereocenters.